The average molecular weight is 452 g/mol. The molecule has 1 aromatic carbocycles. The molecule has 2 saturated heterocycles. The van der Waals surface area contributed by atoms with Gasteiger partial charge in [0.25, 0.3) is 5.89 Å². The van der Waals surface area contributed by atoms with Crippen molar-refractivity contribution in [3.05, 3.63) is 66.1 Å². The highest BCUT2D eigenvalue weighted by atomic mass is 35.5. The molecule has 1 atom stereocenters. The van der Waals surface area contributed by atoms with Gasteiger partial charge in [-0.15, -0.1) is 0 Å². The summed E-state index contributed by atoms with van der Waals surface area (Å²) >= 11 is 6.25. The third kappa shape index (κ3) is 3.99. The first-order valence-corrected chi connectivity index (χ1v) is 10.9. The van der Waals surface area contributed by atoms with Crippen molar-refractivity contribution in [3.63, 3.8) is 0 Å². The molecule has 2 aromatic heterocycles. The first kappa shape index (κ1) is 20.7. The van der Waals surface area contributed by atoms with Gasteiger partial charge in [0.15, 0.2) is 0 Å². The summed E-state index contributed by atoms with van der Waals surface area (Å²) in [6.45, 7) is 3.21. The molecule has 4 heterocycles. The van der Waals surface area contributed by atoms with Gasteiger partial charge in [-0.05, 0) is 29.8 Å². The number of oxazole rings is 1. The Morgan fingerprint density at radius 2 is 1.91 bits per heavy atom. The van der Waals surface area contributed by atoms with Crippen molar-refractivity contribution in [2.45, 2.75) is 12.5 Å². The van der Waals surface area contributed by atoms with Crippen molar-refractivity contribution in [2.24, 2.45) is 0 Å². The van der Waals surface area contributed by atoms with Crippen LogP contribution in [0.25, 0.3) is 11.1 Å². The summed E-state index contributed by atoms with van der Waals surface area (Å²) in [5, 5.41) is 0.437. The standard InChI is InChI=1S/C23H22ClN5O3/c24-21-19(5-2-6-25-21)16-3-1-4-17(13-16)29-15-18(14-20(29)30)27-8-10-28(11-9-27)23(31)22-26-7-12-32-22/h1-7,12-13,18H,8-11,14-15H2. The van der Waals surface area contributed by atoms with Crippen LogP contribution >= 0.6 is 11.6 Å². The fourth-order valence-corrected chi connectivity index (χ4v) is 4.61. The molecule has 0 saturated carbocycles. The molecule has 32 heavy (non-hydrogen) atoms. The number of carbonyl (C=O) groups excluding carboxylic acids is 2. The van der Waals surface area contributed by atoms with Crippen LogP contribution in [0.2, 0.25) is 5.15 Å². The number of benzene rings is 1. The Morgan fingerprint density at radius 3 is 2.66 bits per heavy atom. The molecule has 3 aromatic rings. The fraction of sp³-hybridized carbons (Fsp3) is 0.304. The van der Waals surface area contributed by atoms with E-state index in [0.717, 1.165) is 16.8 Å². The Kier molecular flexibility index (Phi) is 5.63. The number of aromatic nitrogens is 2. The minimum atomic E-state index is -0.190. The smallest absolute Gasteiger partial charge is 0.309 e. The highest BCUT2D eigenvalue weighted by Gasteiger charge is 2.36. The molecule has 0 spiro atoms. The maximum absolute atomic E-state index is 12.8. The van der Waals surface area contributed by atoms with Gasteiger partial charge in [-0.2, -0.15) is 0 Å². The average Bonchev–Trinajstić information content (AvgIpc) is 3.49. The molecule has 2 aliphatic rings. The SMILES string of the molecule is O=C(c1ncco1)N1CCN(C2CC(=O)N(c3cccc(-c4cccnc4Cl)c3)C2)CC1. The second kappa shape index (κ2) is 8.72. The first-order valence-electron chi connectivity index (χ1n) is 10.5. The predicted molar refractivity (Wildman–Crippen MR) is 119 cm³/mol. The van der Waals surface area contributed by atoms with Crippen molar-refractivity contribution in [2.75, 3.05) is 37.6 Å². The van der Waals surface area contributed by atoms with Gasteiger partial charge in [0.1, 0.15) is 11.4 Å². The summed E-state index contributed by atoms with van der Waals surface area (Å²) in [4.78, 5) is 39.2. The largest absolute Gasteiger partial charge is 0.441 e. The highest BCUT2D eigenvalue weighted by Crippen LogP contribution is 2.31. The lowest BCUT2D eigenvalue weighted by molar-refractivity contribution is -0.117. The number of anilines is 1. The van der Waals surface area contributed by atoms with E-state index >= 15 is 0 Å². The highest BCUT2D eigenvalue weighted by molar-refractivity contribution is 6.32. The van der Waals surface area contributed by atoms with Crippen molar-refractivity contribution < 1.29 is 14.0 Å². The van der Waals surface area contributed by atoms with E-state index in [1.54, 1.807) is 11.1 Å². The first-order chi connectivity index (χ1) is 15.6. The van der Waals surface area contributed by atoms with Gasteiger partial charge < -0.3 is 14.2 Å². The zero-order valence-electron chi connectivity index (χ0n) is 17.4. The number of nitrogens with zero attached hydrogens (tertiary/aromatic N) is 5. The number of carbonyl (C=O) groups is 2. The number of pyridine rings is 1. The molecular weight excluding hydrogens is 430 g/mol. The van der Waals surface area contributed by atoms with Crippen LogP contribution in [0.5, 0.6) is 0 Å². The molecule has 8 nitrogen and oxygen atoms in total. The maximum atomic E-state index is 12.8. The Hall–Kier alpha value is -3.23. The van der Waals surface area contributed by atoms with Gasteiger partial charge in [-0.3, -0.25) is 14.5 Å². The molecule has 2 aliphatic heterocycles. The van der Waals surface area contributed by atoms with Crippen molar-refractivity contribution >= 4 is 29.1 Å². The number of amides is 2. The Labute approximate surface area is 190 Å². The molecule has 0 aliphatic carbocycles. The molecule has 1 unspecified atom stereocenters. The van der Waals surface area contributed by atoms with Crippen molar-refractivity contribution in [1.82, 2.24) is 19.8 Å². The number of halogens is 1. The van der Waals surface area contributed by atoms with Crippen molar-refractivity contribution in [3.8, 4) is 11.1 Å². The van der Waals surface area contributed by atoms with Gasteiger partial charge >= 0.3 is 5.91 Å². The summed E-state index contributed by atoms with van der Waals surface area (Å²) in [5.74, 6) is 0.0293. The monoisotopic (exact) mass is 451 g/mol. The van der Waals surface area contributed by atoms with E-state index in [1.807, 2.05) is 41.3 Å². The number of hydrogen-bond acceptors (Lipinski definition) is 6. The van der Waals surface area contributed by atoms with E-state index in [9.17, 15) is 9.59 Å². The lowest BCUT2D eigenvalue weighted by Crippen LogP contribution is -2.52. The predicted octanol–water partition coefficient (Wildman–Crippen LogP) is 2.95. The summed E-state index contributed by atoms with van der Waals surface area (Å²) in [6.07, 6.45) is 4.99. The van der Waals surface area contributed by atoms with Gasteiger partial charge in [0, 0.05) is 62.6 Å². The topological polar surface area (TPSA) is 82.8 Å². The van der Waals surface area contributed by atoms with Crippen LogP contribution in [0, 0.1) is 0 Å². The lowest BCUT2D eigenvalue weighted by atomic mass is 10.1. The molecule has 5 rings (SSSR count). The van der Waals surface area contributed by atoms with Crippen molar-refractivity contribution in [1.29, 1.82) is 0 Å². The molecule has 2 amide bonds. The Morgan fingerprint density at radius 1 is 1.06 bits per heavy atom. The van der Waals surface area contributed by atoms with Gasteiger partial charge in [0.2, 0.25) is 5.91 Å². The van der Waals surface area contributed by atoms with Crippen LogP contribution in [0.15, 0.2) is 59.5 Å². The molecule has 164 valence electrons. The van der Waals surface area contributed by atoms with E-state index in [1.165, 1.54) is 12.5 Å². The molecule has 0 radical (unpaired) electrons. The summed E-state index contributed by atoms with van der Waals surface area (Å²) in [5.41, 5.74) is 2.62. The number of hydrogen-bond donors (Lipinski definition) is 0. The summed E-state index contributed by atoms with van der Waals surface area (Å²) in [7, 11) is 0. The zero-order valence-corrected chi connectivity index (χ0v) is 18.1. The van der Waals surface area contributed by atoms with Crippen LogP contribution in [-0.2, 0) is 4.79 Å². The van der Waals surface area contributed by atoms with Gasteiger partial charge in [-0.25, -0.2) is 9.97 Å². The van der Waals surface area contributed by atoms with E-state index in [4.69, 9.17) is 16.0 Å². The van der Waals surface area contributed by atoms with Crippen LogP contribution in [-0.4, -0.2) is 70.3 Å². The third-order valence-electron chi connectivity index (χ3n) is 6.07. The summed E-state index contributed by atoms with van der Waals surface area (Å²) < 4.78 is 5.12. The second-order valence-electron chi connectivity index (χ2n) is 7.92. The maximum Gasteiger partial charge on any atom is 0.309 e. The van der Waals surface area contributed by atoms with Crippen LogP contribution in [0.1, 0.15) is 17.1 Å². The minimum absolute atomic E-state index is 0.0997. The normalized spacial score (nSPS) is 19.5. The minimum Gasteiger partial charge on any atom is -0.441 e. The third-order valence-corrected chi connectivity index (χ3v) is 6.37. The molecule has 0 N–H and O–H groups in total. The second-order valence-corrected chi connectivity index (χ2v) is 8.28. The molecular formula is C23H22ClN5O3. The van der Waals surface area contributed by atoms with Gasteiger partial charge in [0.05, 0.1) is 6.20 Å². The molecule has 2 fully saturated rings. The Balaban J connectivity index is 1.25. The van der Waals surface area contributed by atoms with E-state index in [0.29, 0.717) is 44.3 Å². The summed E-state index contributed by atoms with van der Waals surface area (Å²) in [6, 6.07) is 11.7. The van der Waals surface area contributed by atoms with Crippen LogP contribution in [0.3, 0.4) is 0 Å². The molecule has 9 heteroatoms. The van der Waals surface area contributed by atoms with Crippen LogP contribution < -0.4 is 4.90 Å². The lowest BCUT2D eigenvalue weighted by Gasteiger charge is -2.37. The fourth-order valence-electron chi connectivity index (χ4n) is 4.38. The number of piperazine rings is 1. The van der Waals surface area contributed by atoms with Crippen LogP contribution in [0.4, 0.5) is 5.69 Å². The zero-order chi connectivity index (χ0) is 22.1. The van der Waals surface area contributed by atoms with E-state index in [2.05, 4.69) is 14.9 Å². The van der Waals surface area contributed by atoms with Gasteiger partial charge in [-0.1, -0.05) is 23.7 Å². The quantitative estimate of drug-likeness (QED) is 0.567. The number of rotatable bonds is 4. The van der Waals surface area contributed by atoms with E-state index < -0.39 is 0 Å². The molecule has 0 bridgehead atoms. The van der Waals surface area contributed by atoms with E-state index in [-0.39, 0.29) is 23.7 Å². The Bertz CT molecular complexity index is 1130.